The Labute approximate surface area is 187 Å². The summed E-state index contributed by atoms with van der Waals surface area (Å²) in [5.74, 6) is 0. The molecule has 1 aliphatic carbocycles. The summed E-state index contributed by atoms with van der Waals surface area (Å²) < 4.78 is 0. The number of para-hydroxylation sites is 1. The monoisotopic (exact) mass is 409 g/mol. The third kappa shape index (κ3) is 2.23. The average molecular weight is 410 g/mol. The zero-order chi connectivity index (χ0) is 21.4. The van der Waals surface area contributed by atoms with E-state index < -0.39 is 0 Å². The predicted octanol–water partition coefficient (Wildman–Crippen LogP) is 8.45. The molecule has 0 saturated heterocycles. The Morgan fingerprint density at radius 3 is 2.09 bits per heavy atom. The van der Waals surface area contributed by atoms with Gasteiger partial charge in [0, 0.05) is 27.3 Å². The van der Waals surface area contributed by atoms with Crippen LogP contribution in [0.4, 0.5) is 0 Å². The lowest BCUT2D eigenvalue weighted by atomic mass is 9.82. The normalized spacial score (nSPS) is 14.2. The minimum atomic E-state index is 0.00794. The van der Waals surface area contributed by atoms with E-state index in [1.165, 1.54) is 66.0 Å². The third-order valence-electron chi connectivity index (χ3n) is 7.40. The van der Waals surface area contributed by atoms with E-state index in [9.17, 15) is 0 Å². The van der Waals surface area contributed by atoms with Gasteiger partial charge in [0.25, 0.3) is 0 Å². The van der Waals surface area contributed by atoms with Gasteiger partial charge in [0.15, 0.2) is 0 Å². The van der Waals surface area contributed by atoms with E-state index in [4.69, 9.17) is 0 Å². The van der Waals surface area contributed by atoms with Crippen molar-refractivity contribution in [3.05, 3.63) is 108 Å². The van der Waals surface area contributed by atoms with Crippen molar-refractivity contribution in [2.75, 3.05) is 0 Å². The number of hydrogen-bond acceptors (Lipinski definition) is 0. The Morgan fingerprint density at radius 2 is 1.22 bits per heavy atom. The molecule has 1 aromatic heterocycles. The molecule has 0 unspecified atom stereocenters. The maximum absolute atomic E-state index is 3.77. The maximum Gasteiger partial charge on any atom is 0.0544 e. The van der Waals surface area contributed by atoms with Crippen molar-refractivity contribution in [2.24, 2.45) is 0 Å². The van der Waals surface area contributed by atoms with Crippen molar-refractivity contribution in [1.29, 1.82) is 0 Å². The molecule has 1 aliphatic rings. The Morgan fingerprint density at radius 1 is 0.562 bits per heavy atom. The van der Waals surface area contributed by atoms with Gasteiger partial charge >= 0.3 is 0 Å². The fourth-order valence-electron chi connectivity index (χ4n) is 5.82. The van der Waals surface area contributed by atoms with E-state index in [0.29, 0.717) is 0 Å². The fourth-order valence-corrected chi connectivity index (χ4v) is 5.82. The minimum absolute atomic E-state index is 0.00794. The number of fused-ring (bicyclic) bond motifs is 7. The van der Waals surface area contributed by atoms with E-state index in [1.54, 1.807) is 0 Å². The molecular weight excluding hydrogens is 386 g/mol. The highest BCUT2D eigenvalue weighted by Crippen LogP contribution is 2.52. The molecule has 0 amide bonds. The second-order valence-electron chi connectivity index (χ2n) is 9.50. The molecule has 1 nitrogen and oxygen atoms in total. The molecule has 0 fully saturated rings. The van der Waals surface area contributed by atoms with Crippen molar-refractivity contribution in [2.45, 2.75) is 19.3 Å². The zero-order valence-electron chi connectivity index (χ0n) is 18.2. The quantitative estimate of drug-likeness (QED) is 0.280. The van der Waals surface area contributed by atoms with E-state index >= 15 is 0 Å². The van der Waals surface area contributed by atoms with Crippen LogP contribution in [-0.4, -0.2) is 4.98 Å². The first-order valence-electron chi connectivity index (χ1n) is 11.3. The number of nitrogens with one attached hydrogen (secondary N) is 1. The topological polar surface area (TPSA) is 15.8 Å². The van der Waals surface area contributed by atoms with Crippen LogP contribution in [0.2, 0.25) is 0 Å². The minimum Gasteiger partial charge on any atom is -0.354 e. The first kappa shape index (κ1) is 17.8. The number of benzene rings is 5. The highest BCUT2D eigenvalue weighted by molar-refractivity contribution is 6.16. The SMILES string of the molecule is CC1(C)c2ccccc2-c2c(-c3cccc4c3[nH]c3cc5ccccc5cc34)cccc21. The smallest absolute Gasteiger partial charge is 0.0544 e. The van der Waals surface area contributed by atoms with Gasteiger partial charge < -0.3 is 4.98 Å². The zero-order valence-corrected chi connectivity index (χ0v) is 18.2. The van der Waals surface area contributed by atoms with Crippen molar-refractivity contribution in [1.82, 2.24) is 4.98 Å². The summed E-state index contributed by atoms with van der Waals surface area (Å²) in [6.07, 6.45) is 0. The first-order chi connectivity index (χ1) is 15.6. The molecule has 7 rings (SSSR count). The van der Waals surface area contributed by atoms with Crippen LogP contribution in [0.5, 0.6) is 0 Å². The van der Waals surface area contributed by atoms with Crippen molar-refractivity contribution in [3.63, 3.8) is 0 Å². The summed E-state index contributed by atoms with van der Waals surface area (Å²) in [4.78, 5) is 3.77. The molecule has 0 atom stereocenters. The summed E-state index contributed by atoms with van der Waals surface area (Å²) >= 11 is 0. The first-order valence-corrected chi connectivity index (χ1v) is 11.3. The Balaban J connectivity index is 1.57. The predicted molar refractivity (Wildman–Crippen MR) is 136 cm³/mol. The molecule has 1 heterocycles. The number of aromatic nitrogens is 1. The summed E-state index contributed by atoms with van der Waals surface area (Å²) in [5, 5.41) is 5.12. The van der Waals surface area contributed by atoms with Crippen LogP contribution in [-0.2, 0) is 5.41 Å². The molecular formula is C31H23N. The molecule has 0 spiro atoms. The Kier molecular flexibility index (Phi) is 3.40. The lowest BCUT2D eigenvalue weighted by molar-refractivity contribution is 0.660. The van der Waals surface area contributed by atoms with Gasteiger partial charge in [0.05, 0.1) is 5.52 Å². The third-order valence-corrected chi connectivity index (χ3v) is 7.40. The lowest BCUT2D eigenvalue weighted by Crippen LogP contribution is -2.14. The number of hydrogen-bond donors (Lipinski definition) is 1. The van der Waals surface area contributed by atoms with Crippen LogP contribution < -0.4 is 0 Å². The van der Waals surface area contributed by atoms with Crippen LogP contribution in [0.3, 0.4) is 0 Å². The summed E-state index contributed by atoms with van der Waals surface area (Å²) in [6.45, 7) is 4.69. The van der Waals surface area contributed by atoms with Gasteiger partial charge in [0.2, 0.25) is 0 Å². The Hall–Kier alpha value is -3.84. The molecule has 5 aromatic carbocycles. The van der Waals surface area contributed by atoms with Gasteiger partial charge in [-0.2, -0.15) is 0 Å². The van der Waals surface area contributed by atoms with E-state index in [-0.39, 0.29) is 5.41 Å². The summed E-state index contributed by atoms with van der Waals surface area (Å²) in [6, 6.07) is 35.6. The van der Waals surface area contributed by atoms with Gasteiger partial charge in [-0.3, -0.25) is 0 Å². The van der Waals surface area contributed by atoms with Gasteiger partial charge in [-0.15, -0.1) is 0 Å². The fraction of sp³-hybridized carbons (Fsp3) is 0.0968. The summed E-state index contributed by atoms with van der Waals surface area (Å²) in [7, 11) is 0. The molecule has 0 aliphatic heterocycles. The molecule has 0 radical (unpaired) electrons. The number of aromatic amines is 1. The molecule has 1 N–H and O–H groups in total. The van der Waals surface area contributed by atoms with Gasteiger partial charge in [-0.05, 0) is 50.7 Å². The highest BCUT2D eigenvalue weighted by Gasteiger charge is 2.36. The van der Waals surface area contributed by atoms with Crippen molar-refractivity contribution < 1.29 is 0 Å². The second kappa shape index (κ2) is 6.11. The van der Waals surface area contributed by atoms with Gasteiger partial charge in [-0.1, -0.05) is 98.8 Å². The van der Waals surface area contributed by atoms with E-state index in [0.717, 1.165) is 0 Å². The molecule has 0 bridgehead atoms. The van der Waals surface area contributed by atoms with Crippen LogP contribution in [0.15, 0.2) is 97.1 Å². The molecule has 152 valence electrons. The van der Waals surface area contributed by atoms with Crippen molar-refractivity contribution >= 4 is 32.6 Å². The molecule has 6 aromatic rings. The maximum atomic E-state index is 3.77. The molecule has 0 saturated carbocycles. The number of H-pyrrole nitrogens is 1. The average Bonchev–Trinajstić information content (AvgIpc) is 3.30. The standard InChI is InChI=1S/C31H23N/c1-31(2)26-15-6-5-11-24(26)29-21(12-8-16-27(29)31)22-13-7-14-23-25-17-19-9-3-4-10-20(19)18-28(25)32-30(22)23/h3-18,32H,1-2H3. The lowest BCUT2D eigenvalue weighted by Gasteiger charge is -2.21. The van der Waals surface area contributed by atoms with Crippen molar-refractivity contribution in [3.8, 4) is 22.3 Å². The van der Waals surface area contributed by atoms with E-state index in [2.05, 4.69) is 116 Å². The molecule has 1 heteroatoms. The van der Waals surface area contributed by atoms with Gasteiger partial charge in [0.1, 0.15) is 0 Å². The van der Waals surface area contributed by atoms with Crippen LogP contribution in [0.25, 0.3) is 54.8 Å². The summed E-state index contributed by atoms with van der Waals surface area (Å²) in [5.41, 5.74) is 10.6. The van der Waals surface area contributed by atoms with Gasteiger partial charge in [-0.25, -0.2) is 0 Å². The van der Waals surface area contributed by atoms with Crippen LogP contribution >= 0.6 is 0 Å². The van der Waals surface area contributed by atoms with Crippen LogP contribution in [0, 0.1) is 0 Å². The number of rotatable bonds is 1. The largest absolute Gasteiger partial charge is 0.354 e. The Bertz CT molecular complexity index is 1700. The van der Waals surface area contributed by atoms with E-state index in [1.807, 2.05) is 0 Å². The second-order valence-corrected chi connectivity index (χ2v) is 9.50. The highest BCUT2D eigenvalue weighted by atomic mass is 14.7. The molecule has 32 heavy (non-hydrogen) atoms. The van der Waals surface area contributed by atoms with Crippen LogP contribution in [0.1, 0.15) is 25.0 Å².